The number of amides is 1. The summed E-state index contributed by atoms with van der Waals surface area (Å²) in [4.78, 5) is 21.5. The predicted molar refractivity (Wildman–Crippen MR) is 95.5 cm³/mol. The number of morpholine rings is 1. The lowest BCUT2D eigenvalue weighted by Crippen LogP contribution is -2.50. The summed E-state index contributed by atoms with van der Waals surface area (Å²) in [6, 6.07) is 0. The maximum atomic E-state index is 12.9. The molecule has 0 bridgehead atoms. The van der Waals surface area contributed by atoms with Crippen LogP contribution in [-0.2, 0) is 11.3 Å². The molecule has 0 atom stereocenters. The second-order valence-corrected chi connectivity index (χ2v) is 7.08. The van der Waals surface area contributed by atoms with E-state index in [1.807, 2.05) is 31.1 Å². The third-order valence-electron chi connectivity index (χ3n) is 4.65. The monoisotopic (exact) mass is 345 g/mol. The van der Waals surface area contributed by atoms with Crippen molar-refractivity contribution in [3.05, 3.63) is 29.7 Å². The Bertz CT molecular complexity index is 751. The number of fused-ring (bicyclic) bond motifs is 1. The van der Waals surface area contributed by atoms with Gasteiger partial charge in [-0.05, 0) is 26.9 Å². The van der Waals surface area contributed by atoms with Crippen LogP contribution >= 0.6 is 0 Å². The molecule has 0 unspecified atom stereocenters. The molecule has 0 aliphatic carbocycles. The highest BCUT2D eigenvalue weighted by molar-refractivity contribution is 5.99. The molecule has 0 radical (unpaired) electrons. The van der Waals surface area contributed by atoms with Gasteiger partial charge in [0.1, 0.15) is 5.56 Å². The van der Waals surface area contributed by atoms with Crippen molar-refractivity contribution in [2.45, 2.75) is 39.8 Å². The van der Waals surface area contributed by atoms with Gasteiger partial charge in [-0.15, -0.1) is 0 Å². The van der Waals surface area contributed by atoms with E-state index in [0.29, 0.717) is 30.9 Å². The van der Waals surface area contributed by atoms with Crippen LogP contribution in [-0.4, -0.2) is 68.7 Å². The van der Waals surface area contributed by atoms with E-state index in [2.05, 4.69) is 28.8 Å². The third-order valence-corrected chi connectivity index (χ3v) is 4.65. The zero-order valence-electron chi connectivity index (χ0n) is 15.5. The number of hydrogen-bond donors (Lipinski definition) is 0. The molecule has 0 aromatic carbocycles. The first-order valence-electron chi connectivity index (χ1n) is 8.91. The van der Waals surface area contributed by atoms with Crippen LogP contribution in [0.5, 0.6) is 0 Å². The van der Waals surface area contributed by atoms with Crippen LogP contribution in [0.4, 0.5) is 0 Å². The Morgan fingerprint density at radius 1 is 1.32 bits per heavy atom. The quantitative estimate of drug-likeness (QED) is 0.827. The van der Waals surface area contributed by atoms with Gasteiger partial charge in [0.05, 0.1) is 18.4 Å². The van der Waals surface area contributed by atoms with Gasteiger partial charge in [-0.25, -0.2) is 9.50 Å². The van der Waals surface area contributed by atoms with E-state index in [4.69, 9.17) is 4.74 Å². The molecular formula is C18H27N5O2. The van der Waals surface area contributed by atoms with Crippen molar-refractivity contribution in [3.63, 3.8) is 0 Å². The largest absolute Gasteiger partial charge is 0.372 e. The number of rotatable bonds is 5. The number of ether oxygens (including phenoxy) is 1. The topological polar surface area (TPSA) is 63.0 Å². The lowest BCUT2D eigenvalue weighted by atomic mass is 10.1. The fraction of sp³-hybridized carbons (Fsp3) is 0.611. The Kier molecular flexibility index (Phi) is 5.06. The molecule has 136 valence electrons. The zero-order valence-corrected chi connectivity index (χ0v) is 15.5. The molecule has 25 heavy (non-hydrogen) atoms. The van der Waals surface area contributed by atoms with Crippen molar-refractivity contribution in [2.24, 2.45) is 0 Å². The van der Waals surface area contributed by atoms with Crippen LogP contribution in [0.2, 0.25) is 0 Å². The van der Waals surface area contributed by atoms with Gasteiger partial charge in [0.2, 0.25) is 0 Å². The molecule has 3 rings (SSSR count). The van der Waals surface area contributed by atoms with Gasteiger partial charge in [0.25, 0.3) is 5.91 Å². The number of aromatic nitrogens is 3. The Hall–Kier alpha value is -1.99. The summed E-state index contributed by atoms with van der Waals surface area (Å²) in [6.07, 6.45) is 5.42. The van der Waals surface area contributed by atoms with Gasteiger partial charge in [0, 0.05) is 37.6 Å². The lowest BCUT2D eigenvalue weighted by Gasteiger charge is -2.37. The minimum absolute atomic E-state index is 0.0321. The number of carbonyl (C=O) groups excluding carboxylic acids is 1. The second kappa shape index (κ2) is 7.09. The molecule has 0 N–H and O–H groups in total. The molecule has 2 aromatic rings. The fourth-order valence-corrected chi connectivity index (χ4v) is 3.21. The van der Waals surface area contributed by atoms with E-state index in [-0.39, 0.29) is 11.5 Å². The van der Waals surface area contributed by atoms with Gasteiger partial charge < -0.3 is 9.64 Å². The highest BCUT2D eigenvalue weighted by Crippen LogP contribution is 2.20. The first-order valence-corrected chi connectivity index (χ1v) is 8.91. The summed E-state index contributed by atoms with van der Waals surface area (Å²) in [5, 5.41) is 4.35. The molecule has 1 aliphatic rings. The predicted octanol–water partition coefficient (Wildman–Crippen LogP) is 1.82. The Labute approximate surface area is 148 Å². The van der Waals surface area contributed by atoms with Crippen LogP contribution in [0.15, 0.2) is 18.6 Å². The highest BCUT2D eigenvalue weighted by Gasteiger charge is 2.31. The van der Waals surface area contributed by atoms with E-state index < -0.39 is 0 Å². The molecule has 2 aromatic heterocycles. The number of nitrogens with zero attached hydrogens (tertiary/aromatic N) is 5. The smallest absolute Gasteiger partial charge is 0.259 e. The molecule has 7 nitrogen and oxygen atoms in total. The molecular weight excluding hydrogens is 318 g/mol. The van der Waals surface area contributed by atoms with Crippen molar-refractivity contribution >= 4 is 11.6 Å². The maximum absolute atomic E-state index is 12.9. The average molecular weight is 345 g/mol. The third kappa shape index (κ3) is 3.82. The summed E-state index contributed by atoms with van der Waals surface area (Å²) >= 11 is 0. The molecule has 1 saturated heterocycles. The van der Waals surface area contributed by atoms with Gasteiger partial charge in [-0.3, -0.25) is 9.69 Å². The Balaban J connectivity index is 1.82. The van der Waals surface area contributed by atoms with Crippen LogP contribution in [0.25, 0.3) is 5.65 Å². The average Bonchev–Trinajstić information content (AvgIpc) is 3.01. The summed E-state index contributed by atoms with van der Waals surface area (Å²) in [6.45, 7) is 12.8. The van der Waals surface area contributed by atoms with Gasteiger partial charge >= 0.3 is 0 Å². The van der Waals surface area contributed by atoms with Crippen LogP contribution in [0.3, 0.4) is 0 Å². The minimum Gasteiger partial charge on any atom is -0.372 e. The summed E-state index contributed by atoms with van der Waals surface area (Å²) in [5.41, 5.74) is 1.93. The van der Waals surface area contributed by atoms with Gasteiger partial charge in [0.15, 0.2) is 5.65 Å². The van der Waals surface area contributed by atoms with Crippen LogP contribution in [0.1, 0.15) is 43.6 Å². The van der Waals surface area contributed by atoms with Crippen LogP contribution in [0, 0.1) is 0 Å². The molecule has 0 saturated carbocycles. The Morgan fingerprint density at radius 3 is 2.76 bits per heavy atom. The van der Waals surface area contributed by atoms with Crippen molar-refractivity contribution in [1.29, 1.82) is 0 Å². The van der Waals surface area contributed by atoms with E-state index in [1.54, 1.807) is 10.7 Å². The van der Waals surface area contributed by atoms with Crippen molar-refractivity contribution in [1.82, 2.24) is 24.4 Å². The summed E-state index contributed by atoms with van der Waals surface area (Å²) in [5.74, 6) is -0.0321. The molecule has 0 spiro atoms. The minimum atomic E-state index is -0.318. The van der Waals surface area contributed by atoms with E-state index >= 15 is 0 Å². The zero-order chi connectivity index (χ0) is 18.0. The first-order chi connectivity index (χ1) is 11.9. The standard InChI is InChI=1S/C18H27N5O2/c1-5-21(6-2)11-14-9-19-16-15(10-20-23(16)12-14)17(24)22-7-8-25-18(3,4)13-22/h9-10,12H,5-8,11,13H2,1-4H3. The molecule has 1 fully saturated rings. The van der Waals surface area contributed by atoms with Crippen LogP contribution < -0.4 is 0 Å². The van der Waals surface area contributed by atoms with E-state index in [1.165, 1.54) is 0 Å². The molecule has 3 heterocycles. The maximum Gasteiger partial charge on any atom is 0.259 e. The highest BCUT2D eigenvalue weighted by atomic mass is 16.5. The van der Waals surface area contributed by atoms with Gasteiger partial charge in [-0.1, -0.05) is 13.8 Å². The molecule has 1 aliphatic heterocycles. The van der Waals surface area contributed by atoms with Crippen molar-refractivity contribution < 1.29 is 9.53 Å². The Morgan fingerprint density at radius 2 is 2.08 bits per heavy atom. The van der Waals surface area contributed by atoms with Crippen molar-refractivity contribution in [2.75, 3.05) is 32.8 Å². The van der Waals surface area contributed by atoms with E-state index in [9.17, 15) is 4.79 Å². The fourth-order valence-electron chi connectivity index (χ4n) is 3.21. The number of carbonyl (C=O) groups is 1. The second-order valence-electron chi connectivity index (χ2n) is 7.08. The lowest BCUT2D eigenvalue weighted by molar-refractivity contribution is -0.0763. The first kappa shape index (κ1) is 17.8. The summed E-state index contributed by atoms with van der Waals surface area (Å²) < 4.78 is 7.40. The SMILES string of the molecule is CCN(CC)Cc1cnc2c(C(=O)N3CCOC(C)(C)C3)cnn2c1. The number of hydrogen-bond acceptors (Lipinski definition) is 5. The summed E-state index contributed by atoms with van der Waals surface area (Å²) in [7, 11) is 0. The molecule has 7 heteroatoms. The van der Waals surface area contributed by atoms with E-state index in [0.717, 1.165) is 25.2 Å². The van der Waals surface area contributed by atoms with Gasteiger partial charge in [-0.2, -0.15) is 5.10 Å². The normalized spacial score (nSPS) is 17.4. The van der Waals surface area contributed by atoms with Crippen molar-refractivity contribution in [3.8, 4) is 0 Å². The molecule has 1 amide bonds.